The molecule has 0 radical (unpaired) electrons. The zero-order chi connectivity index (χ0) is 20.5. The normalized spacial score (nSPS) is 11.8. The van der Waals surface area contributed by atoms with Crippen molar-refractivity contribution >= 4 is 5.91 Å². The molecular weight excluding hydrogens is 364 g/mol. The topological polar surface area (TPSA) is 68.4 Å². The zero-order valence-electron chi connectivity index (χ0n) is 16.7. The second kappa shape index (κ2) is 10.3. The van der Waals surface area contributed by atoms with E-state index in [-0.39, 0.29) is 24.4 Å². The number of hydrogen-bond acceptors (Lipinski definition) is 3. The van der Waals surface area contributed by atoms with Crippen LogP contribution in [0, 0.1) is 0 Å². The van der Waals surface area contributed by atoms with Gasteiger partial charge in [-0.3, -0.25) is 9.59 Å². The summed E-state index contributed by atoms with van der Waals surface area (Å²) in [6.07, 6.45) is 0.225. The SMILES string of the molecule is C[NH+](CCNC(=O)CCn1nc(-c2ccccc2)ccc1=O)Cc1ccccc1. The van der Waals surface area contributed by atoms with Gasteiger partial charge in [-0.25, -0.2) is 4.68 Å². The van der Waals surface area contributed by atoms with Crippen molar-refractivity contribution in [3.05, 3.63) is 88.7 Å². The molecule has 0 spiro atoms. The number of hydrogen-bond donors (Lipinski definition) is 2. The Kier molecular flexibility index (Phi) is 7.30. The maximum Gasteiger partial charge on any atom is 0.266 e. The van der Waals surface area contributed by atoms with Crippen LogP contribution in [-0.4, -0.2) is 35.8 Å². The standard InChI is InChI=1S/C23H26N4O2/c1-26(18-19-8-4-2-5-9-19)17-15-24-22(28)14-16-27-23(29)13-12-21(25-27)20-10-6-3-7-11-20/h2-13H,14-18H2,1H3,(H,24,28)/p+1. The molecule has 1 aromatic heterocycles. The van der Waals surface area contributed by atoms with Gasteiger partial charge < -0.3 is 10.2 Å². The van der Waals surface area contributed by atoms with E-state index in [1.54, 1.807) is 6.07 Å². The Labute approximate surface area is 170 Å². The molecule has 2 aromatic carbocycles. The fourth-order valence-corrected chi connectivity index (χ4v) is 3.12. The van der Waals surface area contributed by atoms with Gasteiger partial charge >= 0.3 is 0 Å². The van der Waals surface area contributed by atoms with E-state index in [0.717, 1.165) is 24.3 Å². The monoisotopic (exact) mass is 391 g/mol. The van der Waals surface area contributed by atoms with Crippen molar-refractivity contribution in [2.75, 3.05) is 20.1 Å². The maximum absolute atomic E-state index is 12.2. The molecule has 0 aliphatic heterocycles. The highest BCUT2D eigenvalue weighted by molar-refractivity contribution is 5.75. The molecule has 1 heterocycles. The van der Waals surface area contributed by atoms with Crippen LogP contribution >= 0.6 is 0 Å². The van der Waals surface area contributed by atoms with E-state index >= 15 is 0 Å². The quantitative estimate of drug-likeness (QED) is 0.575. The second-order valence-corrected chi connectivity index (χ2v) is 7.12. The molecule has 0 saturated carbocycles. The van der Waals surface area contributed by atoms with Crippen LogP contribution in [0.15, 0.2) is 77.6 Å². The van der Waals surface area contributed by atoms with E-state index < -0.39 is 0 Å². The van der Waals surface area contributed by atoms with Gasteiger partial charge in [-0.05, 0) is 6.07 Å². The molecule has 6 nitrogen and oxygen atoms in total. The van der Waals surface area contributed by atoms with Gasteiger partial charge in [0.25, 0.3) is 5.56 Å². The van der Waals surface area contributed by atoms with Gasteiger partial charge in [-0.2, -0.15) is 5.10 Å². The number of rotatable bonds is 9. The van der Waals surface area contributed by atoms with E-state index in [9.17, 15) is 9.59 Å². The summed E-state index contributed by atoms with van der Waals surface area (Å²) in [5, 5.41) is 7.32. The largest absolute Gasteiger partial charge is 0.350 e. The number of carbonyl (C=O) groups is 1. The van der Waals surface area contributed by atoms with Crippen LogP contribution in [0.25, 0.3) is 11.3 Å². The van der Waals surface area contributed by atoms with Crippen LogP contribution in [-0.2, 0) is 17.9 Å². The van der Waals surface area contributed by atoms with Crippen LogP contribution in [0.2, 0.25) is 0 Å². The summed E-state index contributed by atoms with van der Waals surface area (Å²) >= 11 is 0. The molecule has 0 fully saturated rings. The summed E-state index contributed by atoms with van der Waals surface area (Å²) < 4.78 is 1.36. The lowest BCUT2D eigenvalue weighted by atomic mass is 10.1. The van der Waals surface area contributed by atoms with Gasteiger partial charge in [0.1, 0.15) is 6.54 Å². The first kappa shape index (κ1) is 20.5. The number of carbonyl (C=O) groups excluding carboxylic acids is 1. The Bertz CT molecular complexity index is 971. The Balaban J connectivity index is 1.45. The van der Waals surface area contributed by atoms with Gasteiger partial charge in [-0.1, -0.05) is 60.7 Å². The number of amides is 1. The van der Waals surface area contributed by atoms with Crippen molar-refractivity contribution < 1.29 is 9.69 Å². The highest BCUT2D eigenvalue weighted by atomic mass is 16.2. The van der Waals surface area contributed by atoms with Gasteiger partial charge in [0.15, 0.2) is 0 Å². The minimum atomic E-state index is -0.204. The highest BCUT2D eigenvalue weighted by Gasteiger charge is 2.08. The number of nitrogens with one attached hydrogen (secondary N) is 2. The molecule has 6 heteroatoms. The highest BCUT2D eigenvalue weighted by Crippen LogP contribution is 2.13. The molecule has 3 aromatic rings. The first-order chi connectivity index (χ1) is 14.1. The number of quaternary nitrogens is 1. The lowest BCUT2D eigenvalue weighted by molar-refractivity contribution is -0.892. The number of aryl methyl sites for hydroxylation is 1. The molecule has 1 unspecified atom stereocenters. The smallest absolute Gasteiger partial charge is 0.266 e. The lowest BCUT2D eigenvalue weighted by Crippen LogP contribution is -3.08. The summed E-state index contributed by atoms with van der Waals surface area (Å²) in [6.45, 7) is 2.62. The van der Waals surface area contributed by atoms with E-state index in [1.807, 2.05) is 48.5 Å². The summed E-state index contributed by atoms with van der Waals surface area (Å²) in [4.78, 5) is 25.5. The number of aromatic nitrogens is 2. The minimum Gasteiger partial charge on any atom is -0.350 e. The first-order valence-electron chi connectivity index (χ1n) is 9.87. The van der Waals surface area contributed by atoms with Crippen LogP contribution < -0.4 is 15.8 Å². The second-order valence-electron chi connectivity index (χ2n) is 7.12. The third-order valence-electron chi connectivity index (χ3n) is 4.71. The molecule has 2 N–H and O–H groups in total. The molecule has 1 atom stereocenters. The van der Waals surface area contributed by atoms with E-state index in [0.29, 0.717) is 6.54 Å². The molecular formula is C23H27N4O2+. The molecule has 1 amide bonds. The van der Waals surface area contributed by atoms with E-state index in [4.69, 9.17) is 0 Å². The van der Waals surface area contributed by atoms with Crippen molar-refractivity contribution in [2.45, 2.75) is 19.5 Å². The molecule has 150 valence electrons. The predicted octanol–water partition coefficient (Wildman–Crippen LogP) is 1.13. The minimum absolute atomic E-state index is 0.0728. The number of likely N-dealkylation sites (N-methyl/N-ethyl adjacent to an activating group) is 1. The average Bonchev–Trinajstić information content (AvgIpc) is 2.74. The van der Waals surface area contributed by atoms with Crippen molar-refractivity contribution in [3.63, 3.8) is 0 Å². The van der Waals surface area contributed by atoms with Crippen molar-refractivity contribution in [2.24, 2.45) is 0 Å². The third-order valence-corrected chi connectivity index (χ3v) is 4.71. The van der Waals surface area contributed by atoms with Crippen molar-refractivity contribution in [1.29, 1.82) is 0 Å². The number of benzene rings is 2. The Morgan fingerprint density at radius 1 is 1.00 bits per heavy atom. The molecule has 0 aliphatic carbocycles. The Morgan fingerprint density at radius 2 is 1.69 bits per heavy atom. The summed E-state index contributed by atoms with van der Waals surface area (Å²) in [5.74, 6) is -0.0728. The van der Waals surface area contributed by atoms with Crippen LogP contribution in [0.4, 0.5) is 0 Å². The van der Waals surface area contributed by atoms with Crippen molar-refractivity contribution in [1.82, 2.24) is 15.1 Å². The molecule has 0 bridgehead atoms. The predicted molar refractivity (Wildman–Crippen MR) is 113 cm³/mol. The molecule has 0 saturated heterocycles. The summed E-state index contributed by atoms with van der Waals surface area (Å²) in [7, 11) is 2.11. The van der Waals surface area contributed by atoms with Gasteiger partial charge in [0.05, 0.1) is 32.4 Å². The van der Waals surface area contributed by atoms with Crippen LogP contribution in [0.3, 0.4) is 0 Å². The van der Waals surface area contributed by atoms with Crippen molar-refractivity contribution in [3.8, 4) is 11.3 Å². The Hall–Kier alpha value is -3.25. The molecule has 3 rings (SSSR count). The Morgan fingerprint density at radius 3 is 2.41 bits per heavy atom. The van der Waals surface area contributed by atoms with E-state index in [1.165, 1.54) is 21.2 Å². The van der Waals surface area contributed by atoms with Gasteiger partial charge in [0.2, 0.25) is 5.91 Å². The zero-order valence-corrected chi connectivity index (χ0v) is 16.7. The first-order valence-corrected chi connectivity index (χ1v) is 9.87. The van der Waals surface area contributed by atoms with Gasteiger partial charge in [-0.15, -0.1) is 0 Å². The third kappa shape index (κ3) is 6.40. The van der Waals surface area contributed by atoms with E-state index in [2.05, 4.69) is 29.6 Å². The number of nitrogens with zero attached hydrogens (tertiary/aromatic N) is 2. The lowest BCUT2D eigenvalue weighted by Gasteiger charge is -2.14. The molecule has 29 heavy (non-hydrogen) atoms. The van der Waals surface area contributed by atoms with Gasteiger partial charge in [0, 0.05) is 23.6 Å². The summed E-state index contributed by atoms with van der Waals surface area (Å²) in [6, 6.07) is 23.2. The maximum atomic E-state index is 12.2. The van der Waals surface area contributed by atoms with Crippen LogP contribution in [0.5, 0.6) is 0 Å². The molecule has 0 aliphatic rings. The fourth-order valence-electron chi connectivity index (χ4n) is 3.12. The average molecular weight is 391 g/mol. The fraction of sp³-hybridized carbons (Fsp3) is 0.261. The van der Waals surface area contributed by atoms with Crippen LogP contribution in [0.1, 0.15) is 12.0 Å². The summed E-state index contributed by atoms with van der Waals surface area (Å²) in [5.41, 5.74) is 2.73.